The van der Waals surface area contributed by atoms with Crippen LogP contribution in [0, 0.1) is 12.8 Å². The van der Waals surface area contributed by atoms with Crippen LogP contribution < -0.4 is 10.1 Å². The lowest BCUT2D eigenvalue weighted by molar-refractivity contribution is 0.0961. The Morgan fingerprint density at radius 2 is 1.67 bits per heavy atom. The van der Waals surface area contributed by atoms with Crippen LogP contribution in [0.3, 0.4) is 0 Å². The predicted molar refractivity (Wildman–Crippen MR) is 148 cm³/mol. The summed E-state index contributed by atoms with van der Waals surface area (Å²) in [6, 6.07) is 26.9. The molecule has 1 saturated heterocycles. The maximum absolute atomic E-state index is 12.9. The standard InChI is InChI=1S/C32H40N2O2/c1-25-8-6-7-11-31(25)36-32(18-21-33-2)29-15-13-28(14-16-29)30(35)17-12-26-19-22-34(23-20-26)24-27-9-4-3-5-10-27/h3-11,13-16,26,32-33H,12,17-24H2,1-2H3. The van der Waals surface area contributed by atoms with Crippen LogP contribution in [0.4, 0.5) is 0 Å². The molecule has 1 atom stereocenters. The fourth-order valence-corrected chi connectivity index (χ4v) is 5.05. The van der Waals surface area contributed by atoms with Crippen molar-refractivity contribution in [1.29, 1.82) is 0 Å². The number of hydrogen-bond acceptors (Lipinski definition) is 4. The number of piperidine rings is 1. The van der Waals surface area contributed by atoms with Gasteiger partial charge in [-0.1, -0.05) is 72.8 Å². The van der Waals surface area contributed by atoms with E-state index in [2.05, 4.69) is 65.7 Å². The third kappa shape index (κ3) is 7.52. The first-order chi connectivity index (χ1) is 17.6. The number of likely N-dealkylation sites (tertiary alicyclic amines) is 1. The van der Waals surface area contributed by atoms with Gasteiger partial charge in [0.25, 0.3) is 0 Å². The molecule has 0 saturated carbocycles. The minimum absolute atomic E-state index is 0.0521. The number of carbonyl (C=O) groups is 1. The molecule has 0 bridgehead atoms. The Labute approximate surface area is 216 Å². The molecule has 0 spiro atoms. The van der Waals surface area contributed by atoms with E-state index in [1.807, 2.05) is 37.4 Å². The van der Waals surface area contributed by atoms with Crippen molar-refractivity contribution >= 4 is 5.78 Å². The molecule has 1 fully saturated rings. The molecule has 190 valence electrons. The molecule has 4 rings (SSSR count). The van der Waals surface area contributed by atoms with Gasteiger partial charge in [-0.2, -0.15) is 0 Å². The molecule has 3 aromatic carbocycles. The summed E-state index contributed by atoms with van der Waals surface area (Å²) in [7, 11) is 1.96. The number of aryl methyl sites for hydroxylation is 1. The third-order valence-electron chi connectivity index (χ3n) is 7.36. The molecule has 4 heteroatoms. The van der Waals surface area contributed by atoms with Gasteiger partial charge >= 0.3 is 0 Å². The summed E-state index contributed by atoms with van der Waals surface area (Å²) in [6.07, 6.45) is 4.79. The van der Waals surface area contributed by atoms with E-state index in [1.165, 1.54) is 18.4 Å². The maximum Gasteiger partial charge on any atom is 0.162 e. The molecule has 1 heterocycles. The number of carbonyl (C=O) groups excluding carboxylic acids is 1. The number of ketones is 1. The predicted octanol–water partition coefficient (Wildman–Crippen LogP) is 6.60. The van der Waals surface area contributed by atoms with Gasteiger partial charge in [-0.25, -0.2) is 0 Å². The second-order valence-corrected chi connectivity index (χ2v) is 10.1. The van der Waals surface area contributed by atoms with E-state index in [9.17, 15) is 4.79 Å². The number of nitrogens with one attached hydrogen (secondary N) is 1. The zero-order chi connectivity index (χ0) is 25.2. The van der Waals surface area contributed by atoms with E-state index in [0.717, 1.165) is 61.5 Å². The Balaban J connectivity index is 1.27. The van der Waals surface area contributed by atoms with Crippen LogP contribution in [0.2, 0.25) is 0 Å². The number of benzene rings is 3. The van der Waals surface area contributed by atoms with Crippen molar-refractivity contribution < 1.29 is 9.53 Å². The van der Waals surface area contributed by atoms with Gasteiger partial charge in [0.05, 0.1) is 0 Å². The summed E-state index contributed by atoms with van der Waals surface area (Å²) in [5.41, 5.74) is 4.43. The number of ether oxygens (including phenoxy) is 1. The smallest absolute Gasteiger partial charge is 0.162 e. The van der Waals surface area contributed by atoms with Crippen LogP contribution in [0.1, 0.15) is 65.3 Å². The molecule has 4 nitrogen and oxygen atoms in total. The monoisotopic (exact) mass is 484 g/mol. The summed E-state index contributed by atoms with van der Waals surface area (Å²) in [5, 5.41) is 3.22. The molecule has 1 aliphatic rings. The minimum atomic E-state index is -0.0521. The van der Waals surface area contributed by atoms with Gasteiger partial charge in [-0.15, -0.1) is 0 Å². The largest absolute Gasteiger partial charge is 0.485 e. The first-order valence-corrected chi connectivity index (χ1v) is 13.4. The summed E-state index contributed by atoms with van der Waals surface area (Å²) in [5.74, 6) is 1.81. The summed E-state index contributed by atoms with van der Waals surface area (Å²) < 4.78 is 6.38. The van der Waals surface area contributed by atoms with Gasteiger partial charge in [0.2, 0.25) is 0 Å². The average Bonchev–Trinajstić information content (AvgIpc) is 2.92. The van der Waals surface area contributed by atoms with E-state index in [0.29, 0.717) is 12.3 Å². The second kappa shape index (κ2) is 13.4. The Hall–Kier alpha value is -2.95. The molecular formula is C32H40N2O2. The first-order valence-electron chi connectivity index (χ1n) is 13.4. The van der Waals surface area contributed by atoms with Crippen LogP contribution in [-0.4, -0.2) is 37.4 Å². The van der Waals surface area contributed by atoms with E-state index >= 15 is 0 Å². The number of hydrogen-bond donors (Lipinski definition) is 1. The fourth-order valence-electron chi connectivity index (χ4n) is 5.05. The number of Topliss-reactive ketones (excluding diaryl/α,β-unsaturated/α-hetero) is 1. The highest BCUT2D eigenvalue weighted by Crippen LogP contribution is 2.28. The zero-order valence-electron chi connectivity index (χ0n) is 21.8. The third-order valence-corrected chi connectivity index (χ3v) is 7.36. The van der Waals surface area contributed by atoms with Gasteiger partial charge in [0, 0.05) is 24.9 Å². The molecule has 0 aliphatic carbocycles. The number of nitrogens with zero attached hydrogens (tertiary/aromatic N) is 1. The van der Waals surface area contributed by atoms with Crippen molar-refractivity contribution in [2.24, 2.45) is 5.92 Å². The molecule has 3 aromatic rings. The topological polar surface area (TPSA) is 41.6 Å². The van der Waals surface area contributed by atoms with Crippen LogP contribution in [0.5, 0.6) is 5.75 Å². The van der Waals surface area contributed by atoms with Crippen molar-refractivity contribution in [1.82, 2.24) is 10.2 Å². The number of para-hydroxylation sites is 1. The Kier molecular flexibility index (Phi) is 9.71. The summed E-state index contributed by atoms with van der Waals surface area (Å²) in [4.78, 5) is 15.5. The van der Waals surface area contributed by atoms with Crippen molar-refractivity contribution in [2.75, 3.05) is 26.7 Å². The highest BCUT2D eigenvalue weighted by molar-refractivity contribution is 5.96. The van der Waals surface area contributed by atoms with E-state index in [1.54, 1.807) is 0 Å². The lowest BCUT2D eigenvalue weighted by atomic mass is 9.90. The van der Waals surface area contributed by atoms with Crippen LogP contribution in [-0.2, 0) is 6.54 Å². The average molecular weight is 485 g/mol. The van der Waals surface area contributed by atoms with E-state index in [4.69, 9.17) is 4.74 Å². The van der Waals surface area contributed by atoms with Crippen LogP contribution in [0.15, 0.2) is 78.9 Å². The van der Waals surface area contributed by atoms with Gasteiger partial charge in [0.15, 0.2) is 5.78 Å². The van der Waals surface area contributed by atoms with Crippen molar-refractivity contribution in [3.05, 3.63) is 101 Å². The minimum Gasteiger partial charge on any atom is -0.485 e. The fraction of sp³-hybridized carbons (Fsp3) is 0.406. The molecule has 0 radical (unpaired) electrons. The van der Waals surface area contributed by atoms with Gasteiger partial charge in [0.1, 0.15) is 11.9 Å². The zero-order valence-corrected chi connectivity index (χ0v) is 21.8. The second-order valence-electron chi connectivity index (χ2n) is 10.1. The first kappa shape index (κ1) is 26.1. The van der Waals surface area contributed by atoms with Gasteiger partial charge in [-0.3, -0.25) is 9.69 Å². The molecule has 36 heavy (non-hydrogen) atoms. The van der Waals surface area contributed by atoms with Crippen molar-refractivity contribution in [2.45, 2.75) is 51.7 Å². The highest BCUT2D eigenvalue weighted by Gasteiger charge is 2.21. The SMILES string of the molecule is CNCCC(Oc1ccccc1C)c1ccc(C(=O)CCC2CCN(Cc3ccccc3)CC2)cc1. The number of rotatable bonds is 12. The molecule has 0 aromatic heterocycles. The Bertz CT molecular complexity index is 1070. The molecule has 1 N–H and O–H groups in total. The van der Waals surface area contributed by atoms with Crippen molar-refractivity contribution in [3.8, 4) is 5.75 Å². The summed E-state index contributed by atoms with van der Waals surface area (Å²) >= 11 is 0. The van der Waals surface area contributed by atoms with Crippen molar-refractivity contribution in [3.63, 3.8) is 0 Å². The summed E-state index contributed by atoms with van der Waals surface area (Å²) in [6.45, 7) is 6.21. The normalized spacial score (nSPS) is 15.5. The quantitative estimate of drug-likeness (QED) is 0.294. The van der Waals surface area contributed by atoms with Crippen LogP contribution >= 0.6 is 0 Å². The van der Waals surface area contributed by atoms with Crippen LogP contribution in [0.25, 0.3) is 0 Å². The van der Waals surface area contributed by atoms with E-state index < -0.39 is 0 Å². The van der Waals surface area contributed by atoms with E-state index in [-0.39, 0.29) is 11.9 Å². The Morgan fingerprint density at radius 3 is 2.36 bits per heavy atom. The molecular weight excluding hydrogens is 444 g/mol. The highest BCUT2D eigenvalue weighted by atomic mass is 16.5. The Morgan fingerprint density at radius 1 is 0.972 bits per heavy atom. The maximum atomic E-state index is 12.9. The molecule has 1 aliphatic heterocycles. The van der Waals surface area contributed by atoms with Gasteiger partial charge < -0.3 is 10.1 Å². The lowest BCUT2D eigenvalue weighted by Crippen LogP contribution is -2.33. The molecule has 1 unspecified atom stereocenters. The lowest BCUT2D eigenvalue weighted by Gasteiger charge is -2.32. The van der Waals surface area contributed by atoms with Gasteiger partial charge in [-0.05, 0) is 81.5 Å². The molecule has 0 amide bonds.